The highest BCUT2D eigenvalue weighted by Gasteiger charge is 2.27. The van der Waals surface area contributed by atoms with E-state index in [9.17, 15) is 4.79 Å². The molecule has 2 aromatic carbocycles. The first-order valence-corrected chi connectivity index (χ1v) is 6.50. The third-order valence-corrected chi connectivity index (χ3v) is 3.39. The van der Waals surface area contributed by atoms with Crippen molar-refractivity contribution in [2.45, 2.75) is 12.6 Å². The molecule has 1 saturated heterocycles. The van der Waals surface area contributed by atoms with Gasteiger partial charge in [-0.3, -0.25) is 4.79 Å². The van der Waals surface area contributed by atoms with Crippen molar-refractivity contribution in [1.29, 1.82) is 0 Å². The van der Waals surface area contributed by atoms with Gasteiger partial charge in [0.1, 0.15) is 6.17 Å². The van der Waals surface area contributed by atoms with E-state index in [4.69, 9.17) is 0 Å². The van der Waals surface area contributed by atoms with Crippen LogP contribution in [-0.4, -0.2) is 12.5 Å². The van der Waals surface area contributed by atoms with E-state index in [1.807, 2.05) is 48.5 Å². The van der Waals surface area contributed by atoms with Crippen molar-refractivity contribution in [2.75, 3.05) is 11.4 Å². The molecule has 0 spiro atoms. The average Bonchev–Trinajstić information content (AvgIpc) is 2.49. The maximum atomic E-state index is 11.7. The molecule has 1 aliphatic rings. The van der Waals surface area contributed by atoms with E-state index in [-0.39, 0.29) is 12.1 Å². The summed E-state index contributed by atoms with van der Waals surface area (Å²) in [7, 11) is 0. The van der Waals surface area contributed by atoms with E-state index in [1.165, 1.54) is 0 Å². The molecule has 0 radical (unpaired) electrons. The Bertz CT molecular complexity index is 553. The molecule has 0 saturated carbocycles. The van der Waals surface area contributed by atoms with E-state index in [0.29, 0.717) is 6.42 Å². The molecule has 1 unspecified atom stereocenters. The molecule has 2 aromatic rings. The molecule has 0 bridgehead atoms. The zero-order chi connectivity index (χ0) is 13.1. The smallest absolute Gasteiger partial charge is 0.223 e. The van der Waals surface area contributed by atoms with Gasteiger partial charge in [0.2, 0.25) is 5.91 Å². The highest BCUT2D eigenvalue weighted by atomic mass is 16.2. The largest absolute Gasteiger partial charge is 0.347 e. The lowest BCUT2D eigenvalue weighted by atomic mass is 10.1. The van der Waals surface area contributed by atoms with Gasteiger partial charge in [0.05, 0.1) is 0 Å². The van der Waals surface area contributed by atoms with Crippen molar-refractivity contribution < 1.29 is 4.79 Å². The van der Waals surface area contributed by atoms with Gasteiger partial charge in [-0.2, -0.15) is 0 Å². The van der Waals surface area contributed by atoms with Crippen LogP contribution in [0.4, 0.5) is 5.69 Å². The van der Waals surface area contributed by atoms with Gasteiger partial charge in [0, 0.05) is 18.7 Å². The summed E-state index contributed by atoms with van der Waals surface area (Å²) in [4.78, 5) is 13.9. The van der Waals surface area contributed by atoms with Gasteiger partial charge in [-0.1, -0.05) is 48.5 Å². The van der Waals surface area contributed by atoms with Crippen LogP contribution in [0.25, 0.3) is 0 Å². The van der Waals surface area contributed by atoms with Crippen molar-refractivity contribution in [3.8, 4) is 0 Å². The van der Waals surface area contributed by atoms with Crippen LogP contribution in [0.2, 0.25) is 0 Å². The second-order valence-electron chi connectivity index (χ2n) is 4.66. The highest BCUT2D eigenvalue weighted by Crippen LogP contribution is 2.27. The third-order valence-electron chi connectivity index (χ3n) is 3.39. The zero-order valence-corrected chi connectivity index (χ0v) is 10.6. The Kier molecular flexibility index (Phi) is 3.19. The third kappa shape index (κ3) is 2.45. The number of anilines is 1. The second-order valence-corrected chi connectivity index (χ2v) is 4.66. The first kappa shape index (κ1) is 11.8. The minimum absolute atomic E-state index is 0.0788. The number of carbonyl (C=O) groups is 1. The number of carbonyl (C=O) groups excluding carboxylic acids is 1. The molecular formula is C16H16N2O. The average molecular weight is 252 g/mol. The SMILES string of the molecule is O=C1CCN(c2ccccc2)C(c2ccccc2)N1. The lowest BCUT2D eigenvalue weighted by Crippen LogP contribution is -2.48. The molecule has 96 valence electrons. The Balaban J connectivity index is 1.95. The molecule has 3 heteroatoms. The Morgan fingerprint density at radius 3 is 2.26 bits per heavy atom. The molecule has 0 aromatic heterocycles. The Hall–Kier alpha value is -2.29. The van der Waals surface area contributed by atoms with Crippen LogP contribution in [0.1, 0.15) is 18.2 Å². The monoisotopic (exact) mass is 252 g/mol. The van der Waals surface area contributed by atoms with Crippen LogP contribution in [0.15, 0.2) is 60.7 Å². The maximum Gasteiger partial charge on any atom is 0.223 e. The molecule has 1 heterocycles. The number of nitrogens with one attached hydrogen (secondary N) is 1. The fraction of sp³-hybridized carbons (Fsp3) is 0.188. The topological polar surface area (TPSA) is 32.3 Å². The van der Waals surface area contributed by atoms with Gasteiger partial charge in [-0.05, 0) is 17.7 Å². The van der Waals surface area contributed by atoms with E-state index < -0.39 is 0 Å². The van der Waals surface area contributed by atoms with Crippen molar-refractivity contribution in [1.82, 2.24) is 5.32 Å². The van der Waals surface area contributed by atoms with Gasteiger partial charge in [-0.15, -0.1) is 0 Å². The van der Waals surface area contributed by atoms with E-state index in [2.05, 4.69) is 22.3 Å². The summed E-state index contributed by atoms with van der Waals surface area (Å²) in [6.07, 6.45) is 0.461. The fourth-order valence-electron chi connectivity index (χ4n) is 2.45. The molecule has 0 aliphatic carbocycles. The highest BCUT2D eigenvalue weighted by molar-refractivity contribution is 5.79. The zero-order valence-electron chi connectivity index (χ0n) is 10.6. The Morgan fingerprint density at radius 1 is 0.947 bits per heavy atom. The Labute approximate surface area is 112 Å². The predicted molar refractivity (Wildman–Crippen MR) is 75.7 cm³/mol. The quantitative estimate of drug-likeness (QED) is 0.891. The lowest BCUT2D eigenvalue weighted by molar-refractivity contribution is -0.122. The van der Waals surface area contributed by atoms with Crippen LogP contribution in [0, 0.1) is 0 Å². The summed E-state index contributed by atoms with van der Waals surface area (Å²) < 4.78 is 0. The number of rotatable bonds is 2. The number of para-hydroxylation sites is 1. The van der Waals surface area contributed by atoms with E-state index in [1.54, 1.807) is 0 Å². The minimum atomic E-state index is -0.0788. The van der Waals surface area contributed by atoms with Crippen LogP contribution in [-0.2, 0) is 4.79 Å². The van der Waals surface area contributed by atoms with Crippen LogP contribution >= 0.6 is 0 Å². The standard InChI is InChI=1S/C16H16N2O/c19-15-11-12-18(14-9-5-2-6-10-14)16(17-15)13-7-3-1-4-8-13/h1-10,16H,11-12H2,(H,17,19). The van der Waals surface area contributed by atoms with Crippen LogP contribution in [0.5, 0.6) is 0 Å². The molecule has 3 nitrogen and oxygen atoms in total. The van der Waals surface area contributed by atoms with Crippen molar-refractivity contribution in [2.24, 2.45) is 0 Å². The minimum Gasteiger partial charge on any atom is -0.347 e. The van der Waals surface area contributed by atoms with Gasteiger partial charge < -0.3 is 10.2 Å². The number of amides is 1. The summed E-state index contributed by atoms with van der Waals surface area (Å²) >= 11 is 0. The molecule has 1 atom stereocenters. The molecule has 1 aliphatic heterocycles. The molecule has 3 rings (SSSR count). The molecule has 19 heavy (non-hydrogen) atoms. The summed E-state index contributed by atoms with van der Waals surface area (Å²) in [5.74, 6) is 0.112. The molecular weight excluding hydrogens is 236 g/mol. The lowest BCUT2D eigenvalue weighted by Gasteiger charge is -2.38. The molecule has 1 amide bonds. The van der Waals surface area contributed by atoms with Crippen LogP contribution < -0.4 is 10.2 Å². The number of nitrogens with zero attached hydrogens (tertiary/aromatic N) is 1. The second kappa shape index (κ2) is 5.14. The van der Waals surface area contributed by atoms with Gasteiger partial charge in [0.15, 0.2) is 0 Å². The Morgan fingerprint density at radius 2 is 1.58 bits per heavy atom. The van der Waals surface area contributed by atoms with E-state index >= 15 is 0 Å². The van der Waals surface area contributed by atoms with Crippen molar-refractivity contribution in [3.05, 3.63) is 66.2 Å². The van der Waals surface area contributed by atoms with Crippen molar-refractivity contribution >= 4 is 11.6 Å². The first-order valence-electron chi connectivity index (χ1n) is 6.50. The number of hydrogen-bond acceptors (Lipinski definition) is 2. The molecule has 1 N–H and O–H groups in total. The summed E-state index contributed by atoms with van der Waals surface area (Å²) in [5.41, 5.74) is 2.25. The van der Waals surface area contributed by atoms with E-state index in [0.717, 1.165) is 17.8 Å². The maximum absolute atomic E-state index is 11.7. The number of hydrogen-bond donors (Lipinski definition) is 1. The fourth-order valence-corrected chi connectivity index (χ4v) is 2.45. The number of benzene rings is 2. The molecule has 1 fully saturated rings. The van der Waals surface area contributed by atoms with Gasteiger partial charge in [0.25, 0.3) is 0 Å². The van der Waals surface area contributed by atoms with Crippen LogP contribution in [0.3, 0.4) is 0 Å². The predicted octanol–water partition coefficient (Wildman–Crippen LogP) is 2.71. The van der Waals surface area contributed by atoms with Crippen molar-refractivity contribution in [3.63, 3.8) is 0 Å². The summed E-state index contributed by atoms with van der Waals surface area (Å²) in [5, 5.41) is 3.07. The summed E-state index contributed by atoms with van der Waals surface area (Å²) in [6.45, 7) is 0.745. The van der Waals surface area contributed by atoms with Gasteiger partial charge >= 0.3 is 0 Å². The van der Waals surface area contributed by atoms with Gasteiger partial charge in [-0.25, -0.2) is 0 Å². The summed E-state index contributed by atoms with van der Waals surface area (Å²) in [6, 6.07) is 20.3. The first-order chi connectivity index (χ1) is 9.34. The normalized spacial score (nSPS) is 19.1.